The van der Waals surface area contributed by atoms with Crippen LogP contribution in [-0.2, 0) is 4.79 Å². The molecule has 1 aliphatic heterocycles. The van der Waals surface area contributed by atoms with Crippen LogP contribution in [0.1, 0.15) is 30.9 Å². The minimum atomic E-state index is -0.504. The van der Waals surface area contributed by atoms with Gasteiger partial charge in [-0.15, -0.1) is 0 Å². The quantitative estimate of drug-likeness (QED) is 0.912. The minimum absolute atomic E-state index is 0.132. The van der Waals surface area contributed by atoms with E-state index in [1.807, 2.05) is 43.3 Å². The lowest BCUT2D eigenvalue weighted by atomic mass is 9.74. The SMILES string of the molecule is C/C=C/c1ccccc1[C@H]1[C@H](C#N)N(C(C)=O)[C@H]1CO. The molecule has 3 atom stereocenters. The number of aliphatic hydroxyl groups excluding tert-OH is 1. The second-order valence-electron chi connectivity index (χ2n) is 4.90. The summed E-state index contributed by atoms with van der Waals surface area (Å²) < 4.78 is 0. The predicted molar refractivity (Wildman–Crippen MR) is 76.7 cm³/mol. The molecule has 0 bridgehead atoms. The Kier molecular flexibility index (Phi) is 4.21. The van der Waals surface area contributed by atoms with Crippen molar-refractivity contribution in [2.45, 2.75) is 31.8 Å². The molecule has 4 heteroatoms. The Morgan fingerprint density at radius 2 is 2.20 bits per heavy atom. The van der Waals surface area contributed by atoms with Crippen LogP contribution in [0.2, 0.25) is 0 Å². The van der Waals surface area contributed by atoms with Crippen LogP contribution in [0.5, 0.6) is 0 Å². The zero-order chi connectivity index (χ0) is 14.7. The number of aliphatic hydroxyl groups is 1. The van der Waals surface area contributed by atoms with Gasteiger partial charge in [0.2, 0.25) is 5.91 Å². The summed E-state index contributed by atoms with van der Waals surface area (Å²) in [5, 5.41) is 18.9. The van der Waals surface area contributed by atoms with Gasteiger partial charge in [0.1, 0.15) is 6.04 Å². The smallest absolute Gasteiger partial charge is 0.220 e. The molecule has 1 saturated heterocycles. The molecule has 0 aliphatic carbocycles. The van der Waals surface area contributed by atoms with Crippen LogP contribution >= 0.6 is 0 Å². The first-order valence-electron chi connectivity index (χ1n) is 6.66. The van der Waals surface area contributed by atoms with Crippen LogP contribution in [0.25, 0.3) is 6.08 Å². The topological polar surface area (TPSA) is 64.3 Å². The summed E-state index contributed by atoms with van der Waals surface area (Å²) in [6.45, 7) is 3.23. The summed E-state index contributed by atoms with van der Waals surface area (Å²) >= 11 is 0. The first-order chi connectivity index (χ1) is 9.65. The standard InChI is InChI=1S/C16H18N2O2/c1-3-6-12-7-4-5-8-13(12)16-14(9-17)18(11(2)20)15(16)10-19/h3-8,14-16,19H,10H2,1-2H3/b6-3+/t14-,15-,16-/m0/s1. The third kappa shape index (κ3) is 2.21. The first-order valence-corrected chi connectivity index (χ1v) is 6.66. The molecule has 0 spiro atoms. The highest BCUT2D eigenvalue weighted by atomic mass is 16.3. The highest BCUT2D eigenvalue weighted by Gasteiger charge is 2.50. The summed E-state index contributed by atoms with van der Waals surface area (Å²) in [5.74, 6) is -0.309. The van der Waals surface area contributed by atoms with Gasteiger partial charge in [0.05, 0.1) is 18.7 Å². The third-order valence-electron chi connectivity index (χ3n) is 3.80. The van der Waals surface area contributed by atoms with Gasteiger partial charge in [-0.1, -0.05) is 36.4 Å². The van der Waals surface area contributed by atoms with E-state index in [2.05, 4.69) is 6.07 Å². The normalized spacial score (nSPS) is 25.3. The zero-order valence-electron chi connectivity index (χ0n) is 11.7. The van der Waals surface area contributed by atoms with Gasteiger partial charge in [0, 0.05) is 12.8 Å². The van der Waals surface area contributed by atoms with Crippen molar-refractivity contribution < 1.29 is 9.90 Å². The minimum Gasteiger partial charge on any atom is -0.394 e. The summed E-state index contributed by atoms with van der Waals surface area (Å²) in [5.41, 5.74) is 2.04. The molecule has 104 valence electrons. The lowest BCUT2D eigenvalue weighted by Crippen LogP contribution is -2.64. The van der Waals surface area contributed by atoms with E-state index in [1.54, 1.807) is 0 Å². The lowest BCUT2D eigenvalue weighted by Gasteiger charge is -2.51. The summed E-state index contributed by atoms with van der Waals surface area (Å²) in [6.07, 6.45) is 3.92. The van der Waals surface area contributed by atoms with E-state index in [0.29, 0.717) is 0 Å². The molecule has 0 radical (unpaired) electrons. The Balaban J connectivity index is 2.42. The number of amides is 1. The largest absolute Gasteiger partial charge is 0.394 e. The van der Waals surface area contributed by atoms with E-state index in [1.165, 1.54) is 11.8 Å². The van der Waals surface area contributed by atoms with Gasteiger partial charge in [-0.05, 0) is 18.1 Å². The maximum Gasteiger partial charge on any atom is 0.220 e. The van der Waals surface area contributed by atoms with Gasteiger partial charge < -0.3 is 10.0 Å². The second kappa shape index (κ2) is 5.89. The van der Waals surface area contributed by atoms with Gasteiger partial charge in [-0.3, -0.25) is 4.79 Å². The summed E-state index contributed by atoms with van der Waals surface area (Å²) in [7, 11) is 0. The van der Waals surface area contributed by atoms with Crippen molar-refractivity contribution in [1.29, 1.82) is 5.26 Å². The molecule has 1 aromatic carbocycles. The van der Waals surface area contributed by atoms with E-state index in [0.717, 1.165) is 11.1 Å². The van der Waals surface area contributed by atoms with E-state index in [-0.39, 0.29) is 24.5 Å². The Hall–Kier alpha value is -2.12. The van der Waals surface area contributed by atoms with Gasteiger partial charge in [-0.2, -0.15) is 5.26 Å². The van der Waals surface area contributed by atoms with E-state index in [9.17, 15) is 15.2 Å². The fourth-order valence-corrected chi connectivity index (χ4v) is 2.96. The van der Waals surface area contributed by atoms with Crippen LogP contribution in [0, 0.1) is 11.3 Å². The molecule has 1 amide bonds. The number of benzene rings is 1. The summed E-state index contributed by atoms with van der Waals surface area (Å²) in [4.78, 5) is 13.1. The highest BCUT2D eigenvalue weighted by Crippen LogP contribution is 2.41. The fraction of sp³-hybridized carbons (Fsp3) is 0.375. The van der Waals surface area contributed by atoms with Crippen molar-refractivity contribution >= 4 is 12.0 Å². The molecule has 0 saturated carbocycles. The van der Waals surface area contributed by atoms with Crippen molar-refractivity contribution in [3.8, 4) is 6.07 Å². The first kappa shape index (κ1) is 14.3. The number of hydrogen-bond acceptors (Lipinski definition) is 3. The van der Waals surface area contributed by atoms with Crippen molar-refractivity contribution in [3.63, 3.8) is 0 Å². The van der Waals surface area contributed by atoms with Gasteiger partial charge >= 0.3 is 0 Å². The maximum absolute atomic E-state index is 11.6. The van der Waals surface area contributed by atoms with Crippen molar-refractivity contribution in [2.75, 3.05) is 6.61 Å². The van der Waals surface area contributed by atoms with Crippen LogP contribution in [0.15, 0.2) is 30.3 Å². The average Bonchev–Trinajstić information content (AvgIpc) is 2.40. The number of rotatable bonds is 3. The predicted octanol–water partition coefficient (Wildman–Crippen LogP) is 1.92. The molecular formula is C16H18N2O2. The monoisotopic (exact) mass is 270 g/mol. The number of carbonyl (C=O) groups excluding carboxylic acids is 1. The van der Waals surface area contributed by atoms with Crippen LogP contribution < -0.4 is 0 Å². The number of hydrogen-bond donors (Lipinski definition) is 1. The Morgan fingerprint density at radius 3 is 2.75 bits per heavy atom. The molecule has 20 heavy (non-hydrogen) atoms. The molecule has 0 unspecified atom stereocenters. The van der Waals surface area contributed by atoms with E-state index in [4.69, 9.17) is 0 Å². The third-order valence-corrected chi connectivity index (χ3v) is 3.80. The van der Waals surface area contributed by atoms with E-state index >= 15 is 0 Å². The molecule has 1 fully saturated rings. The fourth-order valence-electron chi connectivity index (χ4n) is 2.96. The van der Waals surface area contributed by atoms with Gasteiger partial charge in [-0.25, -0.2) is 0 Å². The number of allylic oxidation sites excluding steroid dienone is 1. The average molecular weight is 270 g/mol. The Bertz CT molecular complexity index is 574. The maximum atomic E-state index is 11.6. The Labute approximate surface area is 118 Å². The molecular weight excluding hydrogens is 252 g/mol. The molecule has 2 rings (SSSR count). The molecule has 1 heterocycles. The molecule has 1 aromatic rings. The molecule has 0 aromatic heterocycles. The zero-order valence-corrected chi connectivity index (χ0v) is 11.7. The number of likely N-dealkylation sites (tertiary alicyclic amines) is 1. The molecule has 1 aliphatic rings. The van der Waals surface area contributed by atoms with E-state index < -0.39 is 6.04 Å². The highest BCUT2D eigenvalue weighted by molar-refractivity contribution is 5.77. The van der Waals surface area contributed by atoms with Crippen molar-refractivity contribution in [2.24, 2.45) is 0 Å². The van der Waals surface area contributed by atoms with Crippen LogP contribution in [-0.4, -0.2) is 34.6 Å². The molecule has 4 nitrogen and oxygen atoms in total. The van der Waals surface area contributed by atoms with Crippen LogP contribution in [0.4, 0.5) is 0 Å². The summed E-state index contributed by atoms with van der Waals surface area (Å²) in [6, 6.07) is 9.17. The van der Waals surface area contributed by atoms with Crippen LogP contribution in [0.3, 0.4) is 0 Å². The number of nitriles is 1. The van der Waals surface area contributed by atoms with Crippen molar-refractivity contribution in [1.82, 2.24) is 4.90 Å². The van der Waals surface area contributed by atoms with Gasteiger partial charge in [0.25, 0.3) is 0 Å². The second-order valence-corrected chi connectivity index (χ2v) is 4.90. The number of carbonyl (C=O) groups is 1. The molecule has 1 N–H and O–H groups in total. The Morgan fingerprint density at radius 1 is 1.50 bits per heavy atom. The van der Waals surface area contributed by atoms with Gasteiger partial charge in [0.15, 0.2) is 0 Å². The number of nitrogens with zero attached hydrogens (tertiary/aromatic N) is 2. The van der Waals surface area contributed by atoms with Crippen molar-refractivity contribution in [3.05, 3.63) is 41.5 Å². The lowest BCUT2D eigenvalue weighted by molar-refractivity contribution is -0.144.